The number of nitrogens with zero attached hydrogens (tertiary/aromatic N) is 1. The number of carbonyl (C=O) groups is 1. The first-order valence-electron chi connectivity index (χ1n) is 7.62. The maximum absolute atomic E-state index is 13.9. The van der Waals surface area contributed by atoms with Crippen LogP contribution in [0.1, 0.15) is 46.7 Å². The van der Waals surface area contributed by atoms with Crippen LogP contribution < -0.4 is 10.6 Å². The number of hydrogen-bond donors (Lipinski definition) is 3. The zero-order valence-corrected chi connectivity index (χ0v) is 12.7. The lowest BCUT2D eigenvalue weighted by atomic mass is 10.0. The summed E-state index contributed by atoms with van der Waals surface area (Å²) in [6.45, 7) is 3.21. The summed E-state index contributed by atoms with van der Waals surface area (Å²) in [5.74, 6) is -1.46. The number of amides is 1. The normalized spacial score (nSPS) is 15.1. The van der Waals surface area contributed by atoms with Crippen LogP contribution in [-0.2, 0) is 13.0 Å². The van der Waals surface area contributed by atoms with E-state index in [4.69, 9.17) is 0 Å². The van der Waals surface area contributed by atoms with Crippen molar-refractivity contribution in [2.75, 3.05) is 6.54 Å². The van der Waals surface area contributed by atoms with Crippen molar-refractivity contribution in [1.29, 1.82) is 0 Å². The summed E-state index contributed by atoms with van der Waals surface area (Å²) in [6, 6.07) is 2.64. The number of benzene rings is 1. The first kappa shape index (κ1) is 15.6. The lowest BCUT2D eigenvalue weighted by molar-refractivity contribution is 0.0928. The first-order valence-corrected chi connectivity index (χ1v) is 7.62. The van der Waals surface area contributed by atoms with Crippen LogP contribution in [0, 0.1) is 11.6 Å². The summed E-state index contributed by atoms with van der Waals surface area (Å²) < 4.78 is 27.3. The molecule has 0 saturated heterocycles. The average Bonchev–Trinajstić information content (AvgIpc) is 2.99. The Labute approximate surface area is 132 Å². The van der Waals surface area contributed by atoms with E-state index in [0.29, 0.717) is 18.7 Å². The van der Waals surface area contributed by atoms with Gasteiger partial charge in [0.05, 0.1) is 6.04 Å². The Kier molecular flexibility index (Phi) is 4.38. The molecule has 0 radical (unpaired) electrons. The van der Waals surface area contributed by atoms with Crippen LogP contribution in [0.3, 0.4) is 0 Å². The van der Waals surface area contributed by atoms with Gasteiger partial charge in [-0.05, 0) is 24.6 Å². The number of aromatic amines is 1. The molecule has 0 bridgehead atoms. The number of nitrogens with one attached hydrogen (secondary N) is 3. The average molecular weight is 320 g/mol. The molecule has 1 aromatic carbocycles. The molecule has 1 aliphatic heterocycles. The predicted octanol–water partition coefficient (Wildman–Crippen LogP) is 2.21. The van der Waals surface area contributed by atoms with E-state index in [-0.39, 0.29) is 11.5 Å². The number of aromatic nitrogens is 2. The van der Waals surface area contributed by atoms with Gasteiger partial charge in [0.25, 0.3) is 5.91 Å². The summed E-state index contributed by atoms with van der Waals surface area (Å²) in [7, 11) is 0. The van der Waals surface area contributed by atoms with Crippen molar-refractivity contribution < 1.29 is 13.6 Å². The topological polar surface area (TPSA) is 69.8 Å². The van der Waals surface area contributed by atoms with Gasteiger partial charge < -0.3 is 10.6 Å². The van der Waals surface area contributed by atoms with Gasteiger partial charge in [-0.25, -0.2) is 8.78 Å². The van der Waals surface area contributed by atoms with Crippen molar-refractivity contribution in [3.63, 3.8) is 0 Å². The number of H-pyrrole nitrogens is 1. The van der Waals surface area contributed by atoms with E-state index < -0.39 is 17.7 Å². The van der Waals surface area contributed by atoms with Gasteiger partial charge in [0, 0.05) is 36.3 Å². The van der Waals surface area contributed by atoms with Crippen molar-refractivity contribution in [2.45, 2.75) is 32.4 Å². The Balaban J connectivity index is 1.83. The van der Waals surface area contributed by atoms with Gasteiger partial charge in [0.2, 0.25) is 0 Å². The Morgan fingerprint density at radius 1 is 1.43 bits per heavy atom. The van der Waals surface area contributed by atoms with Crippen LogP contribution in [0.15, 0.2) is 18.2 Å². The molecule has 2 heterocycles. The van der Waals surface area contributed by atoms with Gasteiger partial charge in [-0.2, -0.15) is 5.10 Å². The molecule has 1 amide bonds. The molecule has 5 nitrogen and oxygen atoms in total. The van der Waals surface area contributed by atoms with Gasteiger partial charge in [0.1, 0.15) is 11.6 Å². The van der Waals surface area contributed by atoms with E-state index in [1.54, 1.807) is 6.92 Å². The minimum absolute atomic E-state index is 0.142. The predicted molar refractivity (Wildman–Crippen MR) is 80.9 cm³/mol. The quantitative estimate of drug-likeness (QED) is 0.809. The zero-order chi connectivity index (χ0) is 16.4. The second kappa shape index (κ2) is 6.45. The van der Waals surface area contributed by atoms with Gasteiger partial charge >= 0.3 is 0 Å². The van der Waals surface area contributed by atoms with Crippen LogP contribution in [0.4, 0.5) is 8.78 Å². The van der Waals surface area contributed by atoms with Crippen LogP contribution in [0.2, 0.25) is 0 Å². The fraction of sp³-hybridized carbons (Fsp3) is 0.375. The number of hydrogen-bond acceptors (Lipinski definition) is 3. The smallest absolute Gasteiger partial charge is 0.272 e. The lowest BCUT2D eigenvalue weighted by Crippen LogP contribution is -2.31. The minimum atomic E-state index is -0.609. The molecule has 7 heteroatoms. The molecule has 1 aliphatic rings. The van der Waals surface area contributed by atoms with E-state index in [9.17, 15) is 13.6 Å². The van der Waals surface area contributed by atoms with E-state index >= 15 is 0 Å². The summed E-state index contributed by atoms with van der Waals surface area (Å²) >= 11 is 0. The SMILES string of the molecule is CCC(NC(=O)c1n[nH]c2c1CNCC2)c1cc(F)ccc1F. The second-order valence-electron chi connectivity index (χ2n) is 5.56. The monoisotopic (exact) mass is 320 g/mol. The molecule has 1 aromatic heterocycles. The number of halogens is 2. The summed E-state index contributed by atoms with van der Waals surface area (Å²) in [4.78, 5) is 12.5. The third kappa shape index (κ3) is 3.10. The largest absolute Gasteiger partial charge is 0.344 e. The highest BCUT2D eigenvalue weighted by Gasteiger charge is 2.24. The summed E-state index contributed by atoms with van der Waals surface area (Å²) in [6.07, 6.45) is 1.22. The van der Waals surface area contributed by atoms with Crippen molar-refractivity contribution in [3.8, 4) is 0 Å². The highest BCUT2D eigenvalue weighted by molar-refractivity contribution is 5.94. The Morgan fingerprint density at radius 2 is 2.26 bits per heavy atom. The van der Waals surface area contributed by atoms with E-state index in [0.717, 1.165) is 42.4 Å². The van der Waals surface area contributed by atoms with Crippen molar-refractivity contribution in [3.05, 3.63) is 52.3 Å². The third-order valence-electron chi connectivity index (χ3n) is 4.07. The fourth-order valence-electron chi connectivity index (χ4n) is 2.82. The van der Waals surface area contributed by atoms with Crippen molar-refractivity contribution in [2.24, 2.45) is 0 Å². The Hall–Kier alpha value is -2.28. The Morgan fingerprint density at radius 3 is 3.04 bits per heavy atom. The highest BCUT2D eigenvalue weighted by atomic mass is 19.1. The van der Waals surface area contributed by atoms with Crippen LogP contribution in [0.25, 0.3) is 0 Å². The second-order valence-corrected chi connectivity index (χ2v) is 5.56. The number of rotatable bonds is 4. The van der Waals surface area contributed by atoms with E-state index in [1.807, 2.05) is 0 Å². The first-order chi connectivity index (χ1) is 11.1. The summed E-state index contributed by atoms with van der Waals surface area (Å²) in [5.41, 5.74) is 2.23. The van der Waals surface area contributed by atoms with Gasteiger partial charge in [0.15, 0.2) is 5.69 Å². The maximum Gasteiger partial charge on any atom is 0.272 e. The van der Waals surface area contributed by atoms with Gasteiger partial charge in [-0.1, -0.05) is 6.92 Å². The van der Waals surface area contributed by atoms with Crippen LogP contribution in [0.5, 0.6) is 0 Å². The van der Waals surface area contributed by atoms with E-state index in [2.05, 4.69) is 20.8 Å². The Bertz CT molecular complexity index is 729. The number of carbonyl (C=O) groups excluding carboxylic acids is 1. The maximum atomic E-state index is 13.9. The molecule has 122 valence electrons. The number of fused-ring (bicyclic) bond motifs is 1. The summed E-state index contributed by atoms with van der Waals surface area (Å²) in [5, 5.41) is 12.9. The van der Waals surface area contributed by atoms with E-state index in [1.165, 1.54) is 0 Å². The highest BCUT2D eigenvalue weighted by Crippen LogP contribution is 2.22. The molecular weight excluding hydrogens is 302 g/mol. The van der Waals surface area contributed by atoms with Crippen LogP contribution >= 0.6 is 0 Å². The standard InChI is InChI=1S/C16H18F2N4O/c1-2-13(10-7-9(17)3-4-12(10)18)20-16(23)15-11-8-19-6-5-14(11)21-22-15/h3-4,7,13,19H,2,5-6,8H2,1H3,(H,20,23)(H,21,22). The van der Waals surface area contributed by atoms with Crippen LogP contribution in [-0.4, -0.2) is 22.6 Å². The molecule has 0 saturated carbocycles. The van der Waals surface area contributed by atoms with Gasteiger partial charge in [-0.15, -0.1) is 0 Å². The van der Waals surface area contributed by atoms with Crippen molar-refractivity contribution >= 4 is 5.91 Å². The molecule has 2 aromatic rings. The molecule has 1 atom stereocenters. The zero-order valence-electron chi connectivity index (χ0n) is 12.7. The van der Waals surface area contributed by atoms with Gasteiger partial charge in [-0.3, -0.25) is 9.89 Å². The molecule has 0 spiro atoms. The lowest BCUT2D eigenvalue weighted by Gasteiger charge is -2.18. The fourth-order valence-corrected chi connectivity index (χ4v) is 2.82. The molecule has 3 N–H and O–H groups in total. The molecule has 0 aliphatic carbocycles. The third-order valence-corrected chi connectivity index (χ3v) is 4.07. The molecule has 3 rings (SSSR count). The molecule has 0 fully saturated rings. The molecule has 23 heavy (non-hydrogen) atoms. The molecular formula is C16H18F2N4O. The van der Waals surface area contributed by atoms with Crippen molar-refractivity contribution in [1.82, 2.24) is 20.8 Å². The molecule has 1 unspecified atom stereocenters. The minimum Gasteiger partial charge on any atom is -0.344 e.